The molecule has 1 aliphatic heterocycles. The van der Waals surface area contributed by atoms with Gasteiger partial charge in [0.15, 0.2) is 0 Å². The summed E-state index contributed by atoms with van der Waals surface area (Å²) in [4.78, 5) is 17.0. The van der Waals surface area contributed by atoms with E-state index in [9.17, 15) is 13.6 Å². The van der Waals surface area contributed by atoms with E-state index < -0.39 is 17.6 Å². The minimum absolute atomic E-state index is 0.00596. The first-order valence-corrected chi connectivity index (χ1v) is 10.1. The average molecular weight is 453 g/mol. The molecule has 32 heavy (non-hydrogen) atoms. The third-order valence-corrected chi connectivity index (χ3v) is 5.57. The zero-order chi connectivity index (χ0) is 22.4. The number of anilines is 1. The summed E-state index contributed by atoms with van der Waals surface area (Å²) in [6.07, 6.45) is 1.51. The molecular formula is C22H15ClF2N6O. The van der Waals surface area contributed by atoms with Crippen molar-refractivity contribution in [3.05, 3.63) is 82.1 Å². The zero-order valence-corrected chi connectivity index (χ0v) is 17.4. The van der Waals surface area contributed by atoms with E-state index in [0.717, 1.165) is 11.6 Å². The molecule has 0 saturated heterocycles. The summed E-state index contributed by atoms with van der Waals surface area (Å²) in [6, 6.07) is 10.4. The van der Waals surface area contributed by atoms with Crippen LogP contribution in [0.2, 0.25) is 5.02 Å². The number of nitrogens with one attached hydrogen (secondary N) is 1. The molecule has 10 heteroatoms. The molecule has 0 aliphatic carbocycles. The number of halogens is 3. The van der Waals surface area contributed by atoms with Crippen molar-refractivity contribution < 1.29 is 13.6 Å². The fourth-order valence-electron chi connectivity index (χ4n) is 3.89. The fourth-order valence-corrected chi connectivity index (χ4v) is 4.01. The number of nitrogens with zero attached hydrogens (tertiary/aromatic N) is 5. The largest absolute Gasteiger partial charge is 0.310 e. The Morgan fingerprint density at radius 1 is 1.16 bits per heavy atom. The van der Waals surface area contributed by atoms with Crippen LogP contribution in [-0.2, 0) is 4.79 Å². The van der Waals surface area contributed by atoms with Crippen LogP contribution in [0.3, 0.4) is 0 Å². The number of carbonyl (C=O) groups excluding carboxylic acids is 1. The van der Waals surface area contributed by atoms with Gasteiger partial charge in [-0.15, -0.1) is 5.10 Å². The standard InChI is InChI=1S/C22H15ClF2N6O/c1-11-20-16(15-7-6-14(24)8-17(15)25)9-19(32)28-21(20)31(30-11)22-27-18(10-26-29-22)12-2-4-13(23)5-3-12/h2-8,10,16H,9H2,1H3,(H,28,32)/t16-/m0/s1. The van der Waals surface area contributed by atoms with Gasteiger partial charge in [0, 0.05) is 34.6 Å². The van der Waals surface area contributed by atoms with Crippen LogP contribution in [0.25, 0.3) is 17.2 Å². The highest BCUT2D eigenvalue weighted by molar-refractivity contribution is 6.30. The number of hydrogen-bond donors (Lipinski definition) is 1. The zero-order valence-electron chi connectivity index (χ0n) is 16.7. The summed E-state index contributed by atoms with van der Waals surface area (Å²) in [5.41, 5.74) is 2.72. The SMILES string of the molecule is Cc1nn(-c2nncc(-c3ccc(Cl)cc3)n2)c2c1[C@H](c1ccc(F)cc1F)CC(=O)N2. The van der Waals surface area contributed by atoms with Crippen molar-refractivity contribution in [3.63, 3.8) is 0 Å². The molecule has 2 aromatic carbocycles. The van der Waals surface area contributed by atoms with Gasteiger partial charge in [-0.05, 0) is 30.7 Å². The van der Waals surface area contributed by atoms with Crippen LogP contribution in [0.15, 0.2) is 48.7 Å². The lowest BCUT2D eigenvalue weighted by molar-refractivity contribution is -0.116. The molecule has 0 fully saturated rings. The van der Waals surface area contributed by atoms with Crippen molar-refractivity contribution in [2.24, 2.45) is 0 Å². The number of fused-ring (bicyclic) bond motifs is 1. The van der Waals surface area contributed by atoms with Gasteiger partial charge < -0.3 is 5.32 Å². The predicted molar refractivity (Wildman–Crippen MR) is 114 cm³/mol. The second kappa shape index (κ2) is 7.76. The first-order chi connectivity index (χ1) is 15.4. The summed E-state index contributed by atoms with van der Waals surface area (Å²) in [5.74, 6) is -1.87. The maximum absolute atomic E-state index is 14.5. The van der Waals surface area contributed by atoms with E-state index >= 15 is 0 Å². The van der Waals surface area contributed by atoms with E-state index in [-0.39, 0.29) is 23.8 Å². The molecule has 0 unspecified atom stereocenters. The monoisotopic (exact) mass is 452 g/mol. The second-order valence-electron chi connectivity index (χ2n) is 7.38. The van der Waals surface area contributed by atoms with E-state index in [0.29, 0.717) is 27.8 Å². The minimum Gasteiger partial charge on any atom is -0.310 e. The van der Waals surface area contributed by atoms with Gasteiger partial charge in [-0.3, -0.25) is 4.79 Å². The Kier molecular flexibility index (Phi) is 4.90. The van der Waals surface area contributed by atoms with Crippen LogP contribution >= 0.6 is 11.6 Å². The maximum atomic E-state index is 14.5. The van der Waals surface area contributed by atoms with Gasteiger partial charge in [0.25, 0.3) is 5.95 Å². The quantitative estimate of drug-likeness (QED) is 0.496. The molecule has 7 nitrogen and oxygen atoms in total. The number of aryl methyl sites for hydroxylation is 1. The normalized spacial score (nSPS) is 15.4. The van der Waals surface area contributed by atoms with Gasteiger partial charge >= 0.3 is 0 Å². The lowest BCUT2D eigenvalue weighted by Crippen LogP contribution is -2.25. The molecule has 0 spiro atoms. The van der Waals surface area contributed by atoms with E-state index in [4.69, 9.17) is 11.6 Å². The molecule has 5 rings (SSSR count). The third kappa shape index (κ3) is 3.50. The van der Waals surface area contributed by atoms with Gasteiger partial charge in [0.2, 0.25) is 5.91 Å². The molecule has 1 atom stereocenters. The first kappa shape index (κ1) is 20.2. The molecule has 1 N–H and O–H groups in total. The Hall–Kier alpha value is -3.72. The van der Waals surface area contributed by atoms with Crippen LogP contribution in [0.5, 0.6) is 0 Å². The molecule has 0 radical (unpaired) electrons. The fraction of sp³-hybridized carbons (Fsp3) is 0.136. The van der Waals surface area contributed by atoms with E-state index in [1.165, 1.54) is 23.0 Å². The van der Waals surface area contributed by atoms with Crippen LogP contribution in [0, 0.1) is 18.6 Å². The van der Waals surface area contributed by atoms with Crippen LogP contribution in [0.4, 0.5) is 14.6 Å². The molecule has 160 valence electrons. The van der Waals surface area contributed by atoms with Crippen molar-refractivity contribution >= 4 is 23.3 Å². The van der Waals surface area contributed by atoms with Crippen molar-refractivity contribution in [1.82, 2.24) is 25.0 Å². The van der Waals surface area contributed by atoms with Crippen LogP contribution < -0.4 is 5.32 Å². The average Bonchev–Trinajstić information content (AvgIpc) is 3.10. The van der Waals surface area contributed by atoms with Gasteiger partial charge in [0.1, 0.15) is 17.5 Å². The molecule has 0 bridgehead atoms. The lowest BCUT2D eigenvalue weighted by atomic mass is 9.85. The van der Waals surface area contributed by atoms with Crippen molar-refractivity contribution in [3.8, 4) is 17.2 Å². The van der Waals surface area contributed by atoms with E-state index in [1.54, 1.807) is 31.2 Å². The Balaban J connectivity index is 1.62. The predicted octanol–water partition coefficient (Wildman–Crippen LogP) is 4.44. The highest BCUT2D eigenvalue weighted by Gasteiger charge is 2.34. The topological polar surface area (TPSA) is 85.6 Å². The number of amides is 1. The van der Waals surface area contributed by atoms with Crippen LogP contribution in [-0.4, -0.2) is 30.9 Å². The number of benzene rings is 2. The maximum Gasteiger partial charge on any atom is 0.272 e. The summed E-state index contributed by atoms with van der Waals surface area (Å²) < 4.78 is 29.3. The summed E-state index contributed by atoms with van der Waals surface area (Å²) in [6.45, 7) is 1.75. The Morgan fingerprint density at radius 3 is 2.69 bits per heavy atom. The molecule has 1 aliphatic rings. The smallest absolute Gasteiger partial charge is 0.272 e. The number of aromatic nitrogens is 5. The molecule has 4 aromatic rings. The molecule has 3 heterocycles. The lowest BCUT2D eigenvalue weighted by Gasteiger charge is -2.24. The number of hydrogen-bond acceptors (Lipinski definition) is 5. The number of carbonyl (C=O) groups is 1. The highest BCUT2D eigenvalue weighted by Crippen LogP contribution is 2.40. The third-order valence-electron chi connectivity index (χ3n) is 5.32. The Labute approximate surface area is 186 Å². The van der Waals surface area contributed by atoms with Gasteiger partial charge in [-0.25, -0.2) is 13.8 Å². The Morgan fingerprint density at radius 2 is 1.94 bits per heavy atom. The molecular weight excluding hydrogens is 438 g/mol. The molecule has 1 amide bonds. The summed E-state index contributed by atoms with van der Waals surface area (Å²) >= 11 is 5.96. The van der Waals surface area contributed by atoms with Crippen molar-refractivity contribution in [2.75, 3.05) is 5.32 Å². The second-order valence-corrected chi connectivity index (χ2v) is 7.82. The Bertz CT molecular complexity index is 1360. The first-order valence-electron chi connectivity index (χ1n) is 9.71. The molecule has 2 aromatic heterocycles. The van der Waals surface area contributed by atoms with Crippen LogP contribution in [0.1, 0.15) is 29.2 Å². The summed E-state index contributed by atoms with van der Waals surface area (Å²) in [5, 5.41) is 15.9. The van der Waals surface area contributed by atoms with Gasteiger partial charge in [-0.2, -0.15) is 14.9 Å². The minimum atomic E-state index is -0.717. The van der Waals surface area contributed by atoms with E-state index in [1.807, 2.05) is 0 Å². The molecule has 0 saturated carbocycles. The van der Waals surface area contributed by atoms with E-state index in [2.05, 4.69) is 25.6 Å². The van der Waals surface area contributed by atoms with Gasteiger partial charge in [0.05, 0.1) is 17.6 Å². The van der Waals surface area contributed by atoms with Gasteiger partial charge in [-0.1, -0.05) is 29.8 Å². The number of rotatable bonds is 3. The summed E-state index contributed by atoms with van der Waals surface area (Å²) in [7, 11) is 0. The van der Waals surface area contributed by atoms with Crippen molar-refractivity contribution in [1.29, 1.82) is 0 Å². The van der Waals surface area contributed by atoms with Crippen molar-refractivity contribution in [2.45, 2.75) is 19.3 Å². The highest BCUT2D eigenvalue weighted by atomic mass is 35.5.